The average Bonchev–Trinajstić information content (AvgIpc) is 2.84. The van der Waals surface area contributed by atoms with Crippen LogP contribution in [0.3, 0.4) is 0 Å². The van der Waals surface area contributed by atoms with Gasteiger partial charge in [-0.2, -0.15) is 0 Å². The Balaban J connectivity index is 1.94. The lowest BCUT2D eigenvalue weighted by atomic mass is 9.98. The highest BCUT2D eigenvalue weighted by molar-refractivity contribution is 6.75. The van der Waals surface area contributed by atoms with E-state index in [1.54, 1.807) is 13.2 Å². The minimum absolute atomic E-state index is 0.0440. The first-order valence-corrected chi connectivity index (χ1v) is 16.1. The van der Waals surface area contributed by atoms with E-state index in [-0.39, 0.29) is 11.9 Å². The maximum Gasteiger partial charge on any atom is 0.295 e. The van der Waals surface area contributed by atoms with Crippen LogP contribution in [-0.4, -0.2) is 77.2 Å². The third kappa shape index (κ3) is 7.84. The van der Waals surface area contributed by atoms with Crippen LogP contribution < -0.4 is 15.2 Å². The van der Waals surface area contributed by atoms with Crippen molar-refractivity contribution >= 4 is 8.32 Å². The molecular weight excluding hydrogens is 486 g/mol. The zero-order valence-electron chi connectivity index (χ0n) is 24.2. The molecule has 0 radical (unpaired) electrons. The molecule has 0 aliphatic carbocycles. The molecule has 0 saturated carbocycles. The number of methoxy groups -OCH3 is 2. The van der Waals surface area contributed by atoms with Gasteiger partial charge in [0.25, 0.3) is 6.17 Å². The number of phenols is 1. The summed E-state index contributed by atoms with van der Waals surface area (Å²) in [5.41, 5.74) is 9.26. The van der Waals surface area contributed by atoms with E-state index in [1.165, 1.54) is 7.11 Å². The highest BCUT2D eigenvalue weighted by atomic mass is 28.4. The summed E-state index contributed by atoms with van der Waals surface area (Å²) in [4.78, 5) is 6.04. The average molecular weight is 536 g/mol. The second-order valence-corrected chi connectivity index (χ2v) is 15.9. The Morgan fingerprint density at radius 2 is 1.84 bits per heavy atom. The maximum atomic E-state index is 10.4. The summed E-state index contributed by atoms with van der Waals surface area (Å²) in [6.45, 7) is 24.0. The Morgan fingerprint density at radius 1 is 1.19 bits per heavy atom. The van der Waals surface area contributed by atoms with Gasteiger partial charge in [-0.05, 0) is 49.9 Å². The Morgan fingerprint density at radius 3 is 2.41 bits per heavy atom. The lowest BCUT2D eigenvalue weighted by Crippen LogP contribution is -2.53. The van der Waals surface area contributed by atoms with Crippen LogP contribution in [-0.2, 0) is 15.6 Å². The molecule has 1 heterocycles. The number of aromatic hydroxyl groups is 1. The normalized spacial score (nSPS) is 18.6. The van der Waals surface area contributed by atoms with Gasteiger partial charge in [0.2, 0.25) is 0 Å². The number of hydrogen-bond donors (Lipinski definition) is 2. The molecule has 1 aliphatic heterocycles. The zero-order chi connectivity index (χ0) is 27.8. The van der Waals surface area contributed by atoms with Crippen molar-refractivity contribution in [1.82, 2.24) is 4.90 Å². The van der Waals surface area contributed by atoms with Crippen LogP contribution in [0.15, 0.2) is 6.07 Å². The van der Waals surface area contributed by atoms with Crippen LogP contribution in [0.2, 0.25) is 17.6 Å². The standard InChI is InChI=1S/C28H49N3O5Si/c1-19(2)37(9,20(3)4)36-14-11-10-12-23-18-31(13-15-35-23)28(30-6)24(29)16-22-17-25(32)27(34-8)21(5)26(22)33-7/h17,19-20,23-24,28,32H,10-16,18,29H2,1-5,7-9H3/t23-,24?,28-/m0/s1. The lowest BCUT2D eigenvalue weighted by Gasteiger charge is -2.36. The molecule has 0 aromatic heterocycles. The van der Waals surface area contributed by atoms with Crippen LogP contribution in [0.4, 0.5) is 0 Å². The van der Waals surface area contributed by atoms with E-state index in [1.807, 2.05) is 6.92 Å². The quantitative estimate of drug-likeness (QED) is 0.194. The monoisotopic (exact) mass is 535 g/mol. The number of morpholine rings is 1. The van der Waals surface area contributed by atoms with Crippen molar-refractivity contribution in [1.29, 1.82) is 0 Å². The fourth-order valence-corrected chi connectivity index (χ4v) is 7.84. The van der Waals surface area contributed by atoms with Gasteiger partial charge in [-0.25, -0.2) is 11.5 Å². The number of nitrogens with two attached hydrogens (primary N) is 1. The third-order valence-corrected chi connectivity index (χ3v) is 13.5. The first-order valence-electron chi connectivity index (χ1n) is 13.5. The molecule has 210 valence electrons. The minimum Gasteiger partial charge on any atom is -0.504 e. The fraction of sp³-hybridized carbons (Fsp3) is 0.750. The third-order valence-electron chi connectivity index (χ3n) is 8.07. The summed E-state index contributed by atoms with van der Waals surface area (Å²) < 4.78 is 23.4. The van der Waals surface area contributed by atoms with E-state index in [4.69, 9.17) is 30.9 Å². The number of rotatable bonds is 14. The van der Waals surface area contributed by atoms with Crippen molar-refractivity contribution in [3.8, 4) is 17.2 Å². The number of unbranched alkanes of at least 4 members (excludes halogenated alkanes) is 1. The largest absolute Gasteiger partial charge is 0.504 e. The molecule has 1 aromatic carbocycles. The number of ether oxygens (including phenoxy) is 3. The molecule has 1 saturated heterocycles. The highest BCUT2D eigenvalue weighted by Gasteiger charge is 2.37. The molecule has 9 heteroatoms. The van der Waals surface area contributed by atoms with Crippen LogP contribution in [0.1, 0.15) is 58.1 Å². The second-order valence-electron chi connectivity index (χ2n) is 11.0. The van der Waals surface area contributed by atoms with Crippen molar-refractivity contribution in [2.45, 2.75) is 96.2 Å². The minimum atomic E-state index is -1.71. The molecule has 8 nitrogen and oxygen atoms in total. The van der Waals surface area contributed by atoms with Crippen LogP contribution in [0.25, 0.3) is 4.85 Å². The molecular formula is C28H49N3O5Si. The van der Waals surface area contributed by atoms with Gasteiger partial charge in [-0.1, -0.05) is 27.7 Å². The topological polar surface area (TPSA) is 90.8 Å². The van der Waals surface area contributed by atoms with E-state index in [2.05, 4.69) is 44.0 Å². The first kappa shape index (κ1) is 31.4. The van der Waals surface area contributed by atoms with Crippen molar-refractivity contribution in [3.05, 3.63) is 28.6 Å². The summed E-state index contributed by atoms with van der Waals surface area (Å²) in [5, 5.41) is 10.4. The summed E-state index contributed by atoms with van der Waals surface area (Å²) in [6.07, 6.45) is 3.02. The molecule has 0 bridgehead atoms. The maximum absolute atomic E-state index is 10.4. The van der Waals surface area contributed by atoms with E-state index in [0.717, 1.165) is 31.4 Å². The molecule has 1 fully saturated rings. The first-order chi connectivity index (χ1) is 17.5. The van der Waals surface area contributed by atoms with Crippen LogP contribution in [0.5, 0.6) is 17.2 Å². The number of hydrogen-bond acceptors (Lipinski definition) is 7. The zero-order valence-corrected chi connectivity index (χ0v) is 25.2. The van der Waals surface area contributed by atoms with E-state index in [0.29, 0.717) is 54.3 Å². The molecule has 3 atom stereocenters. The second kappa shape index (κ2) is 14.4. The highest BCUT2D eigenvalue weighted by Crippen LogP contribution is 2.39. The molecule has 3 N–H and O–H groups in total. The molecule has 1 aromatic rings. The van der Waals surface area contributed by atoms with E-state index < -0.39 is 20.5 Å². The Hall–Kier alpha value is -1.83. The van der Waals surface area contributed by atoms with Crippen LogP contribution >= 0.6 is 0 Å². The van der Waals surface area contributed by atoms with Gasteiger partial charge in [0.1, 0.15) is 11.8 Å². The molecule has 2 rings (SSSR count). The van der Waals surface area contributed by atoms with Gasteiger partial charge in [-0.3, -0.25) is 4.85 Å². The van der Waals surface area contributed by atoms with E-state index in [9.17, 15) is 5.11 Å². The molecule has 0 spiro atoms. The predicted octanol–water partition coefficient (Wildman–Crippen LogP) is 5.12. The van der Waals surface area contributed by atoms with Crippen molar-refractivity contribution < 1.29 is 23.7 Å². The predicted molar refractivity (Wildman–Crippen MR) is 151 cm³/mol. The molecule has 1 unspecified atom stereocenters. The van der Waals surface area contributed by atoms with Gasteiger partial charge < -0.3 is 29.5 Å². The lowest BCUT2D eigenvalue weighted by molar-refractivity contribution is -0.0446. The number of phenolic OH excluding ortho intramolecular Hbond substituents is 1. The fourth-order valence-electron chi connectivity index (χ4n) is 5.26. The molecule has 0 amide bonds. The van der Waals surface area contributed by atoms with Crippen molar-refractivity contribution in [2.75, 3.05) is 40.5 Å². The Kier molecular flexibility index (Phi) is 12.2. The van der Waals surface area contributed by atoms with Gasteiger partial charge in [-0.15, -0.1) is 0 Å². The molecule has 1 aliphatic rings. The summed E-state index contributed by atoms with van der Waals surface area (Å²) in [7, 11) is 1.40. The summed E-state index contributed by atoms with van der Waals surface area (Å²) in [5.74, 6) is 1.06. The van der Waals surface area contributed by atoms with Gasteiger partial charge in [0.05, 0.1) is 26.9 Å². The smallest absolute Gasteiger partial charge is 0.295 e. The van der Waals surface area contributed by atoms with Gasteiger partial charge >= 0.3 is 0 Å². The summed E-state index contributed by atoms with van der Waals surface area (Å²) in [6, 6.07) is 1.18. The van der Waals surface area contributed by atoms with Crippen molar-refractivity contribution in [2.24, 2.45) is 5.73 Å². The Labute approximate surface area is 225 Å². The van der Waals surface area contributed by atoms with E-state index >= 15 is 0 Å². The number of nitrogens with zero attached hydrogens (tertiary/aromatic N) is 2. The SMILES string of the molecule is [C-]#[N+][C@H](C(N)Cc1cc(O)c(OC)c(C)c1OC)N1CCO[C@@H](CCCCO[Si](C)(C(C)C)C(C)C)C1. The van der Waals surface area contributed by atoms with Gasteiger partial charge in [0, 0.05) is 37.2 Å². The molecule has 37 heavy (non-hydrogen) atoms. The Bertz CT molecular complexity index is 897. The van der Waals surface area contributed by atoms with Crippen LogP contribution in [0, 0.1) is 13.5 Å². The number of benzene rings is 1. The summed E-state index contributed by atoms with van der Waals surface area (Å²) >= 11 is 0. The van der Waals surface area contributed by atoms with Gasteiger partial charge in [0.15, 0.2) is 19.8 Å². The van der Waals surface area contributed by atoms with Crippen molar-refractivity contribution in [3.63, 3.8) is 0 Å².